The van der Waals surface area contributed by atoms with E-state index < -0.39 is 0 Å². The molecule has 0 spiro atoms. The zero-order valence-corrected chi connectivity index (χ0v) is 19.5. The van der Waals surface area contributed by atoms with Crippen LogP contribution in [0, 0.1) is 5.92 Å². The summed E-state index contributed by atoms with van der Waals surface area (Å²) in [7, 11) is 0. The van der Waals surface area contributed by atoms with E-state index >= 15 is 0 Å². The van der Waals surface area contributed by atoms with Gasteiger partial charge in [-0.3, -0.25) is 4.99 Å². The molecule has 4 rings (SSSR count). The molecule has 1 atom stereocenters. The van der Waals surface area contributed by atoms with Crippen LogP contribution in [0.3, 0.4) is 0 Å². The summed E-state index contributed by atoms with van der Waals surface area (Å²) in [5.74, 6) is 1.77. The van der Waals surface area contributed by atoms with Crippen molar-refractivity contribution in [1.29, 1.82) is 0 Å². The van der Waals surface area contributed by atoms with Gasteiger partial charge >= 0.3 is 0 Å². The fourth-order valence-corrected chi connectivity index (χ4v) is 5.01. The Labute approximate surface area is 185 Å². The van der Waals surface area contributed by atoms with Gasteiger partial charge in [0.1, 0.15) is 0 Å². The third-order valence-electron chi connectivity index (χ3n) is 5.69. The molecular weight excluding hydrogens is 467 g/mol. The summed E-state index contributed by atoms with van der Waals surface area (Å²) >= 11 is 2.00. The van der Waals surface area contributed by atoms with E-state index in [1.165, 1.54) is 50.1 Å². The molecule has 0 aromatic heterocycles. The van der Waals surface area contributed by atoms with Crippen LogP contribution in [0.2, 0.25) is 0 Å². The van der Waals surface area contributed by atoms with Gasteiger partial charge in [-0.05, 0) is 63.6 Å². The first kappa shape index (κ1) is 21.2. The summed E-state index contributed by atoms with van der Waals surface area (Å²) < 4.78 is 0.319. The van der Waals surface area contributed by atoms with Crippen LogP contribution in [-0.4, -0.2) is 54.4 Å². The van der Waals surface area contributed by atoms with E-state index in [1.54, 1.807) is 0 Å². The molecule has 6 heteroatoms. The number of rotatable bonds is 8. The fourth-order valence-electron chi connectivity index (χ4n) is 3.78. The van der Waals surface area contributed by atoms with Crippen LogP contribution >= 0.6 is 35.7 Å². The van der Waals surface area contributed by atoms with Crippen LogP contribution in [0.4, 0.5) is 0 Å². The molecule has 4 nitrogen and oxygen atoms in total. The second-order valence-corrected chi connectivity index (χ2v) is 9.60. The van der Waals surface area contributed by atoms with Crippen molar-refractivity contribution in [1.82, 2.24) is 15.5 Å². The number of benzene rings is 1. The van der Waals surface area contributed by atoms with E-state index in [0.717, 1.165) is 37.6 Å². The Morgan fingerprint density at radius 1 is 1.19 bits per heavy atom. The predicted molar refractivity (Wildman–Crippen MR) is 126 cm³/mol. The van der Waals surface area contributed by atoms with Crippen LogP contribution in [0.1, 0.15) is 39.0 Å². The van der Waals surface area contributed by atoms with Crippen LogP contribution < -0.4 is 10.6 Å². The lowest BCUT2D eigenvalue weighted by molar-refractivity contribution is 0.314. The average Bonchev–Trinajstić information content (AvgIpc) is 3.59. The monoisotopic (exact) mass is 500 g/mol. The highest BCUT2D eigenvalue weighted by Gasteiger charge is 2.43. The van der Waals surface area contributed by atoms with Crippen molar-refractivity contribution in [2.75, 3.05) is 32.7 Å². The van der Waals surface area contributed by atoms with Gasteiger partial charge in [0.25, 0.3) is 0 Å². The van der Waals surface area contributed by atoms with Crippen molar-refractivity contribution in [3.8, 4) is 0 Å². The molecule has 2 N–H and O–H groups in total. The molecule has 1 heterocycles. The smallest absolute Gasteiger partial charge is 0.191 e. The van der Waals surface area contributed by atoms with Gasteiger partial charge in [0, 0.05) is 35.3 Å². The van der Waals surface area contributed by atoms with Gasteiger partial charge in [0.05, 0.1) is 6.54 Å². The highest BCUT2D eigenvalue weighted by atomic mass is 127. The molecule has 150 valence electrons. The molecule has 1 aromatic rings. The topological polar surface area (TPSA) is 39.7 Å². The number of hydrogen-bond acceptors (Lipinski definition) is 3. The van der Waals surface area contributed by atoms with Gasteiger partial charge in [-0.15, -0.1) is 35.7 Å². The first-order valence-electron chi connectivity index (χ1n) is 10.3. The SMILES string of the molecule is CCNC(=NCC1(Sc2ccccc2)CC1)NCC1CCN(C2CC2)C1.I. The van der Waals surface area contributed by atoms with Crippen molar-refractivity contribution in [3.63, 3.8) is 0 Å². The first-order valence-corrected chi connectivity index (χ1v) is 11.1. The molecule has 0 bridgehead atoms. The zero-order chi connectivity index (χ0) is 17.8. The van der Waals surface area contributed by atoms with E-state index in [1.807, 2.05) is 11.8 Å². The van der Waals surface area contributed by atoms with E-state index in [0.29, 0.717) is 4.75 Å². The molecule has 0 radical (unpaired) electrons. The Balaban J connectivity index is 0.00000210. The summed E-state index contributed by atoms with van der Waals surface area (Å²) in [6.07, 6.45) is 6.72. The van der Waals surface area contributed by atoms with Crippen molar-refractivity contribution in [2.45, 2.75) is 54.7 Å². The lowest BCUT2D eigenvalue weighted by Crippen LogP contribution is -2.40. The summed E-state index contributed by atoms with van der Waals surface area (Å²) in [4.78, 5) is 8.98. The Morgan fingerprint density at radius 2 is 1.96 bits per heavy atom. The molecular formula is C21H33IN4S. The van der Waals surface area contributed by atoms with Crippen molar-refractivity contribution in [3.05, 3.63) is 30.3 Å². The van der Waals surface area contributed by atoms with Crippen LogP contribution in [0.5, 0.6) is 0 Å². The van der Waals surface area contributed by atoms with E-state index in [4.69, 9.17) is 4.99 Å². The highest BCUT2D eigenvalue weighted by Crippen LogP contribution is 2.51. The van der Waals surface area contributed by atoms with Gasteiger partial charge in [0.2, 0.25) is 0 Å². The Hall–Kier alpha value is -0.470. The lowest BCUT2D eigenvalue weighted by atomic mass is 10.1. The third kappa shape index (κ3) is 6.26. The number of likely N-dealkylation sites (tertiary alicyclic amines) is 1. The van der Waals surface area contributed by atoms with Gasteiger partial charge in [-0.2, -0.15) is 0 Å². The van der Waals surface area contributed by atoms with E-state index in [9.17, 15) is 0 Å². The van der Waals surface area contributed by atoms with Gasteiger partial charge in [-0.25, -0.2) is 0 Å². The Bertz CT molecular complexity index is 616. The van der Waals surface area contributed by atoms with Gasteiger partial charge in [-0.1, -0.05) is 18.2 Å². The van der Waals surface area contributed by atoms with Gasteiger partial charge in [0.15, 0.2) is 5.96 Å². The molecule has 1 saturated heterocycles. The maximum absolute atomic E-state index is 4.93. The highest BCUT2D eigenvalue weighted by molar-refractivity contribution is 14.0. The minimum atomic E-state index is 0. The second-order valence-electron chi connectivity index (χ2n) is 8.06. The maximum Gasteiger partial charge on any atom is 0.191 e. The number of nitrogens with zero attached hydrogens (tertiary/aromatic N) is 2. The normalized spacial score (nSPS) is 24.3. The molecule has 1 aromatic carbocycles. The second kappa shape index (κ2) is 9.83. The summed E-state index contributed by atoms with van der Waals surface area (Å²) in [6.45, 7) is 7.58. The van der Waals surface area contributed by atoms with Crippen molar-refractivity contribution >= 4 is 41.7 Å². The summed E-state index contributed by atoms with van der Waals surface area (Å²) in [5.41, 5.74) is 0. The average molecular weight is 500 g/mol. The molecule has 1 unspecified atom stereocenters. The Morgan fingerprint density at radius 3 is 2.63 bits per heavy atom. The molecule has 1 aliphatic heterocycles. The van der Waals surface area contributed by atoms with Crippen LogP contribution in [0.15, 0.2) is 40.2 Å². The first-order chi connectivity index (χ1) is 12.8. The fraction of sp³-hybridized carbons (Fsp3) is 0.667. The van der Waals surface area contributed by atoms with E-state index in [-0.39, 0.29) is 24.0 Å². The third-order valence-corrected chi connectivity index (χ3v) is 7.17. The molecule has 27 heavy (non-hydrogen) atoms. The molecule has 2 saturated carbocycles. The largest absolute Gasteiger partial charge is 0.357 e. The molecule has 2 aliphatic carbocycles. The number of thioether (sulfide) groups is 1. The predicted octanol–water partition coefficient (Wildman–Crippen LogP) is 3.97. The number of aliphatic imine (C=N–C) groups is 1. The minimum Gasteiger partial charge on any atom is -0.357 e. The summed E-state index contributed by atoms with van der Waals surface area (Å²) in [5, 5.41) is 7.04. The molecule has 3 aliphatic rings. The van der Waals surface area contributed by atoms with Crippen molar-refractivity contribution < 1.29 is 0 Å². The van der Waals surface area contributed by atoms with Gasteiger partial charge < -0.3 is 15.5 Å². The zero-order valence-electron chi connectivity index (χ0n) is 16.3. The molecule has 0 amide bonds. The molecule has 3 fully saturated rings. The number of halogens is 1. The van der Waals surface area contributed by atoms with Crippen molar-refractivity contribution in [2.24, 2.45) is 10.9 Å². The Kier molecular flexibility index (Phi) is 7.74. The van der Waals surface area contributed by atoms with Crippen LogP contribution in [-0.2, 0) is 0 Å². The standard InChI is InChI=1S/C21H32N4S.HI/c1-2-22-20(23-14-17-10-13-25(15-17)18-8-9-18)24-16-21(11-12-21)26-19-6-4-3-5-7-19;/h3-7,17-18H,2,8-16H2,1H3,(H2,22,23,24);1H. The minimum absolute atomic E-state index is 0. The van der Waals surface area contributed by atoms with Crippen LogP contribution in [0.25, 0.3) is 0 Å². The quantitative estimate of drug-likeness (QED) is 0.322. The van der Waals surface area contributed by atoms with E-state index in [2.05, 4.69) is 52.8 Å². The lowest BCUT2D eigenvalue weighted by Gasteiger charge is -2.18. The number of nitrogens with one attached hydrogen (secondary N) is 2. The maximum atomic E-state index is 4.93. The number of hydrogen-bond donors (Lipinski definition) is 2. The number of guanidine groups is 1. The summed E-state index contributed by atoms with van der Waals surface area (Å²) in [6, 6.07) is 11.7.